The highest BCUT2D eigenvalue weighted by Gasteiger charge is 2.46. The van der Waals surface area contributed by atoms with Gasteiger partial charge in [-0.05, 0) is 38.2 Å². The fourth-order valence-corrected chi connectivity index (χ4v) is 2.53. The first kappa shape index (κ1) is 16.5. The fourth-order valence-electron chi connectivity index (χ4n) is 2.47. The molecule has 1 fully saturated rings. The number of thiocarbonyl (C=S) groups is 1. The van der Waals surface area contributed by atoms with Gasteiger partial charge in [0.2, 0.25) is 0 Å². The lowest BCUT2D eigenvalue weighted by Crippen LogP contribution is -2.57. The molecule has 0 spiro atoms. The van der Waals surface area contributed by atoms with Crippen molar-refractivity contribution in [3.63, 3.8) is 0 Å². The van der Waals surface area contributed by atoms with Crippen LogP contribution in [0.2, 0.25) is 0 Å². The van der Waals surface area contributed by atoms with Gasteiger partial charge < -0.3 is 15.4 Å². The van der Waals surface area contributed by atoms with Crippen LogP contribution in [0.3, 0.4) is 0 Å². The summed E-state index contributed by atoms with van der Waals surface area (Å²) in [5.41, 5.74) is 11.9. The first-order valence-corrected chi connectivity index (χ1v) is 7.58. The molecule has 1 aliphatic rings. The molecule has 0 saturated carbocycles. The van der Waals surface area contributed by atoms with E-state index in [0.29, 0.717) is 13.2 Å². The van der Waals surface area contributed by atoms with Crippen molar-refractivity contribution in [2.24, 2.45) is 5.73 Å². The summed E-state index contributed by atoms with van der Waals surface area (Å²) in [5.74, 6) is 0. The van der Waals surface area contributed by atoms with Crippen molar-refractivity contribution >= 4 is 29.0 Å². The summed E-state index contributed by atoms with van der Waals surface area (Å²) in [7, 11) is 0. The number of likely N-dealkylation sites (N-methyl/N-ethyl adjacent to an activating group) is 1. The number of para-hydroxylation sites is 1. The zero-order valence-electron chi connectivity index (χ0n) is 12.7. The summed E-state index contributed by atoms with van der Waals surface area (Å²) in [5, 5.41) is 0.108. The summed E-state index contributed by atoms with van der Waals surface area (Å²) in [6, 6.07) is 9.30. The van der Waals surface area contributed by atoms with Crippen LogP contribution < -0.4 is 21.5 Å². The molecule has 0 aliphatic carbocycles. The molecule has 1 saturated heterocycles. The lowest BCUT2D eigenvalue weighted by atomic mass is 10.3. The highest BCUT2D eigenvalue weighted by Crippen LogP contribution is 2.28. The molecule has 0 aromatic heterocycles. The van der Waals surface area contributed by atoms with Crippen LogP contribution in [0.25, 0.3) is 0 Å². The fraction of sp³-hybridized carbons (Fsp3) is 0.429. The number of benzene rings is 1. The average molecular weight is 323 g/mol. The van der Waals surface area contributed by atoms with Crippen LogP contribution in [0.5, 0.6) is 0 Å². The lowest BCUT2D eigenvalue weighted by molar-refractivity contribution is 0.0227. The molecule has 1 aromatic rings. The van der Waals surface area contributed by atoms with E-state index in [4.69, 9.17) is 22.7 Å². The Balaban J connectivity index is 2.31. The molecule has 7 nitrogen and oxygen atoms in total. The van der Waals surface area contributed by atoms with E-state index >= 15 is 0 Å². The third-order valence-electron chi connectivity index (χ3n) is 3.37. The van der Waals surface area contributed by atoms with E-state index in [9.17, 15) is 4.79 Å². The largest absolute Gasteiger partial charge is 0.375 e. The number of carbonyl (C=O) groups excluding carboxylic acids is 1. The summed E-state index contributed by atoms with van der Waals surface area (Å²) >= 11 is 4.81. The molecule has 4 N–H and O–H groups in total. The van der Waals surface area contributed by atoms with Gasteiger partial charge in [0.1, 0.15) is 6.17 Å². The summed E-state index contributed by atoms with van der Waals surface area (Å²) in [6.07, 6.45) is -0.888. The van der Waals surface area contributed by atoms with E-state index in [2.05, 4.69) is 10.9 Å². The standard InChI is InChI=1S/C14H21N5O2S/c1-3-18-11(16-17-13(15)22)12(21-4-2)19(14(18)20)10-8-6-5-7-9-10/h5-9,11-12,16H,3-4H2,1-2H3,(H3,15,17,22). The van der Waals surface area contributed by atoms with Crippen LogP contribution in [0.1, 0.15) is 13.8 Å². The van der Waals surface area contributed by atoms with Gasteiger partial charge >= 0.3 is 6.03 Å². The first-order chi connectivity index (χ1) is 10.6. The van der Waals surface area contributed by atoms with Gasteiger partial charge in [-0.15, -0.1) is 0 Å². The van der Waals surface area contributed by atoms with Crippen molar-refractivity contribution < 1.29 is 9.53 Å². The maximum atomic E-state index is 12.7. The van der Waals surface area contributed by atoms with Gasteiger partial charge in [0, 0.05) is 18.8 Å². The number of rotatable bonds is 6. The topological polar surface area (TPSA) is 82.9 Å². The second-order valence-electron chi connectivity index (χ2n) is 4.70. The van der Waals surface area contributed by atoms with Crippen LogP contribution >= 0.6 is 12.2 Å². The Labute approximate surface area is 135 Å². The van der Waals surface area contributed by atoms with E-state index in [0.717, 1.165) is 5.69 Å². The number of urea groups is 1. The maximum Gasteiger partial charge on any atom is 0.328 e. The number of nitrogens with two attached hydrogens (primary N) is 1. The highest BCUT2D eigenvalue weighted by molar-refractivity contribution is 7.80. The van der Waals surface area contributed by atoms with Crippen LogP contribution in [-0.4, -0.2) is 41.6 Å². The van der Waals surface area contributed by atoms with Crippen LogP contribution in [-0.2, 0) is 4.74 Å². The molecule has 0 radical (unpaired) electrons. The van der Waals surface area contributed by atoms with E-state index in [1.165, 1.54) is 0 Å². The minimum atomic E-state index is -0.485. The predicted molar refractivity (Wildman–Crippen MR) is 89.0 cm³/mol. The molecule has 1 heterocycles. The quantitative estimate of drug-likeness (QED) is 0.535. The van der Waals surface area contributed by atoms with Crippen molar-refractivity contribution in [1.82, 2.24) is 15.8 Å². The highest BCUT2D eigenvalue weighted by atomic mass is 32.1. The molecule has 22 heavy (non-hydrogen) atoms. The Kier molecular flexibility index (Phi) is 5.53. The lowest BCUT2D eigenvalue weighted by Gasteiger charge is -2.28. The number of nitrogens with one attached hydrogen (secondary N) is 2. The Morgan fingerprint density at radius 3 is 2.59 bits per heavy atom. The van der Waals surface area contributed by atoms with Crippen LogP contribution in [0.4, 0.5) is 10.5 Å². The zero-order chi connectivity index (χ0) is 16.1. The van der Waals surface area contributed by atoms with Gasteiger partial charge in [-0.25, -0.2) is 10.2 Å². The monoisotopic (exact) mass is 323 g/mol. The van der Waals surface area contributed by atoms with Crippen LogP contribution in [0, 0.1) is 0 Å². The Morgan fingerprint density at radius 1 is 1.36 bits per heavy atom. The second kappa shape index (κ2) is 7.39. The molecule has 2 atom stereocenters. The molecule has 120 valence electrons. The maximum absolute atomic E-state index is 12.7. The van der Waals surface area contributed by atoms with Gasteiger partial charge in [0.15, 0.2) is 11.3 Å². The molecule has 2 amide bonds. The molecular formula is C14H21N5O2S. The number of anilines is 1. The number of carbonyl (C=O) groups is 1. The number of ether oxygens (including phenoxy) is 1. The molecule has 8 heteroatoms. The van der Waals surface area contributed by atoms with E-state index in [1.807, 2.05) is 44.2 Å². The summed E-state index contributed by atoms with van der Waals surface area (Å²) in [4.78, 5) is 16.0. The minimum Gasteiger partial charge on any atom is -0.375 e. The van der Waals surface area contributed by atoms with Gasteiger partial charge in [-0.2, -0.15) is 0 Å². The zero-order valence-corrected chi connectivity index (χ0v) is 13.5. The van der Waals surface area contributed by atoms with Crippen molar-refractivity contribution in [1.29, 1.82) is 0 Å². The Bertz CT molecular complexity index is 527. The molecule has 2 rings (SSSR count). The number of hydrogen-bond donors (Lipinski definition) is 3. The molecular weight excluding hydrogens is 302 g/mol. The second-order valence-corrected chi connectivity index (χ2v) is 5.14. The van der Waals surface area contributed by atoms with E-state index in [1.54, 1.807) is 9.80 Å². The van der Waals surface area contributed by atoms with Gasteiger partial charge in [0.25, 0.3) is 0 Å². The summed E-state index contributed by atoms with van der Waals surface area (Å²) < 4.78 is 5.79. The molecule has 2 unspecified atom stereocenters. The number of amides is 2. The van der Waals surface area contributed by atoms with Crippen molar-refractivity contribution in [2.75, 3.05) is 18.1 Å². The third kappa shape index (κ3) is 3.29. The molecule has 0 bridgehead atoms. The summed E-state index contributed by atoms with van der Waals surface area (Å²) in [6.45, 7) is 4.80. The van der Waals surface area contributed by atoms with Gasteiger partial charge in [-0.3, -0.25) is 10.3 Å². The normalized spacial score (nSPS) is 21.3. The van der Waals surface area contributed by atoms with E-state index in [-0.39, 0.29) is 11.1 Å². The van der Waals surface area contributed by atoms with Crippen molar-refractivity contribution in [3.05, 3.63) is 30.3 Å². The smallest absolute Gasteiger partial charge is 0.328 e. The minimum absolute atomic E-state index is 0.108. The third-order valence-corrected chi connectivity index (χ3v) is 3.47. The van der Waals surface area contributed by atoms with Gasteiger partial charge in [-0.1, -0.05) is 18.2 Å². The molecule has 1 aliphatic heterocycles. The van der Waals surface area contributed by atoms with Crippen LogP contribution in [0.15, 0.2) is 30.3 Å². The van der Waals surface area contributed by atoms with E-state index < -0.39 is 12.4 Å². The first-order valence-electron chi connectivity index (χ1n) is 7.17. The average Bonchev–Trinajstić information content (AvgIpc) is 2.77. The Hall–Kier alpha value is -1.90. The van der Waals surface area contributed by atoms with Gasteiger partial charge in [0.05, 0.1) is 0 Å². The SMILES string of the molecule is CCOC1C(NNC(N)=S)N(CC)C(=O)N1c1ccccc1. The number of hydrazine groups is 1. The Morgan fingerprint density at radius 2 is 2.05 bits per heavy atom. The van der Waals surface area contributed by atoms with Crippen molar-refractivity contribution in [2.45, 2.75) is 26.2 Å². The van der Waals surface area contributed by atoms with Crippen molar-refractivity contribution in [3.8, 4) is 0 Å². The predicted octanol–water partition coefficient (Wildman–Crippen LogP) is 0.975. The number of nitrogens with zero attached hydrogens (tertiary/aromatic N) is 2. The molecule has 1 aromatic carbocycles. The number of hydrogen-bond acceptors (Lipinski definition) is 4.